The monoisotopic (exact) mass is 467 g/mol. The van der Waals surface area contributed by atoms with E-state index >= 15 is 0 Å². The molecular weight excluding hydrogens is 454 g/mol. The highest BCUT2D eigenvalue weighted by Gasteiger charge is 2.61. The number of carbonyl (C=O) groups is 4. The highest BCUT2D eigenvalue weighted by Crippen LogP contribution is 2.27. The molecule has 0 bridgehead atoms. The topological polar surface area (TPSA) is 210 Å². The highest BCUT2D eigenvalue weighted by molar-refractivity contribution is 8.76. The van der Waals surface area contributed by atoms with Gasteiger partial charge in [0.1, 0.15) is 0 Å². The van der Waals surface area contributed by atoms with Crippen LogP contribution in [0.2, 0.25) is 0 Å². The van der Waals surface area contributed by atoms with E-state index in [4.69, 9.17) is 14.2 Å². The van der Waals surface area contributed by atoms with Crippen molar-refractivity contribution >= 4 is 65.6 Å². The number of rotatable bonds is 10. The number of carboxylic acids is 1. The number of imide groups is 1. The van der Waals surface area contributed by atoms with Crippen LogP contribution in [0.3, 0.4) is 0 Å². The first-order chi connectivity index (χ1) is 12.3. The second kappa shape index (κ2) is 9.20. The van der Waals surface area contributed by atoms with Crippen molar-refractivity contribution in [2.45, 2.75) is 23.3 Å². The van der Waals surface area contributed by atoms with Crippen molar-refractivity contribution < 1.29 is 55.1 Å². The summed E-state index contributed by atoms with van der Waals surface area (Å²) in [5, 5.41) is 2.27. The fourth-order valence-electron chi connectivity index (χ4n) is 1.78. The Hall–Kier alpha value is -1.40. The van der Waals surface area contributed by atoms with Crippen LogP contribution < -0.4 is 0 Å². The third-order valence-electron chi connectivity index (χ3n) is 2.87. The van der Waals surface area contributed by atoms with Gasteiger partial charge < -0.3 is 9.94 Å². The van der Waals surface area contributed by atoms with Crippen molar-refractivity contribution in [2.24, 2.45) is 0 Å². The number of nitrogens with zero attached hydrogens (tertiary/aromatic N) is 1. The number of amides is 2. The quantitative estimate of drug-likeness (QED) is 0.146. The minimum Gasteiger partial charge on any atom is -0.481 e. The summed E-state index contributed by atoms with van der Waals surface area (Å²) in [6.07, 6.45) is -0.498. The number of hydrogen-bond acceptors (Lipinski definition) is 11. The van der Waals surface area contributed by atoms with Gasteiger partial charge in [0.2, 0.25) is 0 Å². The molecule has 2 unspecified atom stereocenters. The second-order valence-corrected chi connectivity index (χ2v) is 10.6. The van der Waals surface area contributed by atoms with Gasteiger partial charge in [0.15, 0.2) is 10.5 Å². The molecule has 1 aliphatic rings. The van der Waals surface area contributed by atoms with E-state index in [1.165, 1.54) is 0 Å². The van der Waals surface area contributed by atoms with Crippen molar-refractivity contribution in [3.8, 4) is 0 Å². The Morgan fingerprint density at radius 3 is 1.70 bits per heavy atom. The van der Waals surface area contributed by atoms with E-state index in [0.717, 1.165) is 21.6 Å². The zero-order valence-corrected chi connectivity index (χ0v) is 16.3. The van der Waals surface area contributed by atoms with Crippen LogP contribution >= 0.6 is 21.6 Å². The Morgan fingerprint density at radius 2 is 1.33 bits per heavy atom. The average molecular weight is 467 g/mol. The lowest BCUT2D eigenvalue weighted by Crippen LogP contribution is -2.41. The summed E-state index contributed by atoms with van der Waals surface area (Å²) in [4.78, 5) is 50.1. The Kier molecular flexibility index (Phi) is 8.05. The summed E-state index contributed by atoms with van der Waals surface area (Å²) in [5.41, 5.74) is 0. The fraction of sp³-hybridized carbons (Fsp3) is 0.600. The first kappa shape index (κ1) is 23.6. The van der Waals surface area contributed by atoms with Gasteiger partial charge in [-0.3, -0.25) is 23.5 Å². The van der Waals surface area contributed by atoms with Gasteiger partial charge in [0.25, 0.3) is 32.1 Å². The summed E-state index contributed by atoms with van der Waals surface area (Å²) < 4.78 is 62.7. The largest absolute Gasteiger partial charge is 0.481 e. The molecule has 0 radical (unpaired) electrons. The highest BCUT2D eigenvalue weighted by atomic mass is 33.1. The van der Waals surface area contributed by atoms with E-state index < -0.39 is 66.0 Å². The van der Waals surface area contributed by atoms with Crippen LogP contribution in [0.5, 0.6) is 0 Å². The number of carbonyl (C=O) groups excluding carboxylic acids is 3. The molecule has 2 amide bonds. The molecule has 1 aliphatic heterocycles. The molecule has 0 aromatic rings. The van der Waals surface area contributed by atoms with Crippen molar-refractivity contribution in [3.63, 3.8) is 0 Å². The van der Waals surface area contributed by atoms with Crippen LogP contribution in [0.25, 0.3) is 0 Å². The summed E-state index contributed by atoms with van der Waals surface area (Å²) in [6.45, 7) is 0. The normalized spacial score (nSPS) is 20.7. The van der Waals surface area contributed by atoms with Gasteiger partial charge in [-0.2, -0.15) is 16.8 Å². The Morgan fingerprint density at radius 1 is 0.926 bits per heavy atom. The molecule has 154 valence electrons. The Labute approximate surface area is 160 Å². The zero-order valence-electron chi connectivity index (χ0n) is 13.1. The molecule has 1 rings (SSSR count). The van der Waals surface area contributed by atoms with Gasteiger partial charge in [-0.15, -0.1) is 0 Å². The molecule has 0 aromatic heterocycles. The fourth-order valence-corrected chi connectivity index (χ4v) is 6.13. The maximum Gasteiger partial charge on any atom is 0.334 e. The minimum absolute atomic E-state index is 0.0722. The van der Waals surface area contributed by atoms with Crippen LogP contribution in [0.15, 0.2) is 0 Å². The summed E-state index contributed by atoms with van der Waals surface area (Å²) in [7, 11) is -8.62. The van der Waals surface area contributed by atoms with E-state index in [-0.39, 0.29) is 17.9 Å². The Bertz CT molecular complexity index is 784. The molecule has 2 atom stereocenters. The van der Waals surface area contributed by atoms with E-state index in [0.29, 0.717) is 0 Å². The third kappa shape index (κ3) is 6.61. The molecule has 27 heavy (non-hydrogen) atoms. The van der Waals surface area contributed by atoms with Crippen molar-refractivity contribution in [3.05, 3.63) is 0 Å². The molecule has 0 saturated carbocycles. The first-order valence-electron chi connectivity index (χ1n) is 6.74. The standard InChI is InChI=1S/C10H13NO12S4/c12-5(13)1-3-24-25-4-2-6(14)23-11-9(15)7(26(17,18)19)8(10(11)16)27(20,21)22/h7-8H,1-4H2,(H,12,13)(H,17,18,19)(H,20,21,22). The molecule has 1 saturated heterocycles. The van der Waals surface area contributed by atoms with E-state index in [2.05, 4.69) is 4.84 Å². The smallest absolute Gasteiger partial charge is 0.334 e. The van der Waals surface area contributed by atoms with Crippen LogP contribution in [-0.2, 0) is 44.3 Å². The van der Waals surface area contributed by atoms with Crippen molar-refractivity contribution in [1.29, 1.82) is 0 Å². The molecular formula is C10H13NO12S4. The number of hydrogen-bond donors (Lipinski definition) is 3. The van der Waals surface area contributed by atoms with Gasteiger partial charge in [0, 0.05) is 11.5 Å². The van der Waals surface area contributed by atoms with E-state index in [1.54, 1.807) is 0 Å². The molecule has 0 aromatic carbocycles. The zero-order chi connectivity index (χ0) is 21.0. The van der Waals surface area contributed by atoms with Gasteiger partial charge in [-0.1, -0.05) is 26.7 Å². The van der Waals surface area contributed by atoms with Crippen molar-refractivity contribution in [2.75, 3.05) is 11.5 Å². The minimum atomic E-state index is -5.42. The number of carboxylic acid groups (broad SMARTS) is 1. The maximum absolute atomic E-state index is 11.9. The van der Waals surface area contributed by atoms with Gasteiger partial charge in [-0.05, 0) is 0 Å². The number of aliphatic carboxylic acids is 1. The van der Waals surface area contributed by atoms with Crippen LogP contribution in [-0.4, -0.2) is 81.9 Å². The predicted molar refractivity (Wildman–Crippen MR) is 90.4 cm³/mol. The number of hydroxylamine groups is 2. The van der Waals surface area contributed by atoms with Gasteiger partial charge >= 0.3 is 11.9 Å². The first-order valence-corrected chi connectivity index (χ1v) is 12.2. The lowest BCUT2D eigenvalue weighted by atomic mass is 10.3. The lowest BCUT2D eigenvalue weighted by molar-refractivity contribution is -0.197. The van der Waals surface area contributed by atoms with Crippen LogP contribution in [0, 0.1) is 0 Å². The molecule has 13 nitrogen and oxygen atoms in total. The summed E-state index contributed by atoms with van der Waals surface area (Å²) in [6, 6.07) is 0. The SMILES string of the molecule is O=C(O)CCSSCCC(=O)ON1C(=O)C(S(=O)(=O)O)C(S(=O)(=O)O)C1=O. The van der Waals surface area contributed by atoms with Gasteiger partial charge in [0.05, 0.1) is 12.8 Å². The van der Waals surface area contributed by atoms with Crippen LogP contribution in [0.4, 0.5) is 0 Å². The van der Waals surface area contributed by atoms with E-state index in [1.807, 2.05) is 0 Å². The maximum atomic E-state index is 11.9. The molecule has 0 spiro atoms. The lowest BCUT2D eigenvalue weighted by Gasteiger charge is -2.12. The van der Waals surface area contributed by atoms with Crippen molar-refractivity contribution in [1.82, 2.24) is 5.06 Å². The Balaban J connectivity index is 2.72. The molecule has 0 aliphatic carbocycles. The predicted octanol–water partition coefficient (Wildman–Crippen LogP) is -1.43. The molecule has 3 N–H and O–H groups in total. The van der Waals surface area contributed by atoms with E-state index in [9.17, 15) is 36.0 Å². The van der Waals surface area contributed by atoms with Gasteiger partial charge in [-0.25, -0.2) is 4.79 Å². The van der Waals surface area contributed by atoms with Crippen LogP contribution in [0.1, 0.15) is 12.8 Å². The average Bonchev–Trinajstić information content (AvgIpc) is 2.74. The molecule has 1 heterocycles. The second-order valence-electron chi connectivity index (χ2n) is 4.84. The summed E-state index contributed by atoms with van der Waals surface area (Å²) >= 11 is 0. The summed E-state index contributed by atoms with van der Waals surface area (Å²) in [5.74, 6) is -5.57. The molecule has 17 heteroatoms. The third-order valence-corrected chi connectivity index (χ3v) is 7.68. The molecule has 1 fully saturated rings.